The monoisotopic (exact) mass is 331 g/mol. The van der Waals surface area contributed by atoms with Gasteiger partial charge in [-0.25, -0.2) is 0 Å². The molecule has 20 heavy (non-hydrogen) atoms. The van der Waals surface area contributed by atoms with Crippen molar-refractivity contribution >= 4 is 21.8 Å². The van der Waals surface area contributed by atoms with Crippen molar-refractivity contribution in [2.75, 3.05) is 13.6 Å². The zero-order chi connectivity index (χ0) is 14.4. The van der Waals surface area contributed by atoms with Gasteiger partial charge in [-0.2, -0.15) is 0 Å². The van der Waals surface area contributed by atoms with Crippen LogP contribution >= 0.6 is 15.9 Å². The number of hydrogen-bond donors (Lipinski definition) is 0. The van der Waals surface area contributed by atoms with Crippen molar-refractivity contribution in [1.82, 2.24) is 4.90 Å². The molecule has 3 heteroatoms. The maximum Gasteiger partial charge on any atom is 0.253 e. The van der Waals surface area contributed by atoms with Gasteiger partial charge in [0.25, 0.3) is 5.91 Å². The molecule has 2 rings (SSSR count). The summed E-state index contributed by atoms with van der Waals surface area (Å²) >= 11 is 3.40. The maximum absolute atomic E-state index is 12.3. The molecule has 2 aromatic rings. The number of hydrogen-bond acceptors (Lipinski definition) is 1. The largest absolute Gasteiger partial charge is 0.341 e. The van der Waals surface area contributed by atoms with Crippen molar-refractivity contribution in [1.29, 1.82) is 0 Å². The van der Waals surface area contributed by atoms with Gasteiger partial charge < -0.3 is 4.90 Å². The van der Waals surface area contributed by atoms with E-state index in [9.17, 15) is 4.79 Å². The summed E-state index contributed by atoms with van der Waals surface area (Å²) in [6.45, 7) is 0.725. The molecule has 2 aromatic carbocycles. The van der Waals surface area contributed by atoms with Crippen LogP contribution in [-0.2, 0) is 11.8 Å². The summed E-state index contributed by atoms with van der Waals surface area (Å²) in [5.74, 6) is 0.0713. The Bertz CT molecular complexity index is 551. The van der Waals surface area contributed by atoms with Crippen molar-refractivity contribution in [3.8, 4) is 0 Å². The van der Waals surface area contributed by atoms with Gasteiger partial charge in [-0.1, -0.05) is 58.4 Å². The van der Waals surface area contributed by atoms with Crippen LogP contribution in [0.3, 0.4) is 0 Å². The van der Waals surface area contributed by atoms with Crippen molar-refractivity contribution in [3.63, 3.8) is 0 Å². The van der Waals surface area contributed by atoms with Crippen molar-refractivity contribution in [2.45, 2.75) is 11.8 Å². The summed E-state index contributed by atoms with van der Waals surface area (Å²) in [5.41, 5.74) is 3.17. The number of halogens is 1. The minimum Gasteiger partial charge on any atom is -0.341 e. The molecule has 0 atom stereocenters. The fourth-order valence-corrected chi connectivity index (χ4v) is 2.37. The van der Waals surface area contributed by atoms with Crippen LogP contribution in [0.15, 0.2) is 54.6 Å². The van der Waals surface area contributed by atoms with Gasteiger partial charge in [-0.3, -0.25) is 4.79 Å². The lowest BCUT2D eigenvalue weighted by molar-refractivity contribution is 0.0796. The average molecular weight is 332 g/mol. The summed E-state index contributed by atoms with van der Waals surface area (Å²) in [4.78, 5) is 14.1. The van der Waals surface area contributed by atoms with E-state index in [0.29, 0.717) is 0 Å². The molecule has 0 heterocycles. The molecule has 0 bridgehead atoms. The van der Waals surface area contributed by atoms with Crippen molar-refractivity contribution < 1.29 is 4.79 Å². The van der Waals surface area contributed by atoms with Gasteiger partial charge in [-0.15, -0.1) is 0 Å². The summed E-state index contributed by atoms with van der Waals surface area (Å²) in [6.07, 6.45) is 0.878. The molecular formula is C17H18BrNO. The Labute approximate surface area is 128 Å². The number of carbonyl (C=O) groups is 1. The molecule has 0 N–H and O–H groups in total. The molecule has 0 saturated carbocycles. The van der Waals surface area contributed by atoms with Crippen LogP contribution in [0, 0.1) is 0 Å². The number of alkyl halides is 1. The highest BCUT2D eigenvalue weighted by molar-refractivity contribution is 9.08. The first-order valence-electron chi connectivity index (χ1n) is 6.65. The summed E-state index contributed by atoms with van der Waals surface area (Å²) in [7, 11) is 1.85. The quantitative estimate of drug-likeness (QED) is 0.761. The van der Waals surface area contributed by atoms with E-state index in [2.05, 4.69) is 28.1 Å². The van der Waals surface area contributed by atoms with E-state index in [1.807, 2.05) is 49.5 Å². The van der Waals surface area contributed by atoms with Crippen molar-refractivity contribution in [2.24, 2.45) is 0 Å². The van der Waals surface area contributed by atoms with Gasteiger partial charge in [0.15, 0.2) is 0 Å². The highest BCUT2D eigenvalue weighted by atomic mass is 79.9. The zero-order valence-electron chi connectivity index (χ0n) is 11.6. The van der Waals surface area contributed by atoms with Crippen molar-refractivity contribution in [3.05, 3.63) is 71.3 Å². The Morgan fingerprint density at radius 1 is 1.00 bits per heavy atom. The second kappa shape index (κ2) is 7.25. The summed E-state index contributed by atoms with van der Waals surface area (Å²) in [6, 6.07) is 18.0. The smallest absolute Gasteiger partial charge is 0.253 e. The lowest BCUT2D eigenvalue weighted by atomic mass is 10.1. The summed E-state index contributed by atoms with van der Waals surface area (Å²) in [5, 5.41) is 0.811. The molecule has 0 aliphatic heterocycles. The van der Waals surface area contributed by atoms with Gasteiger partial charge in [0, 0.05) is 24.5 Å². The average Bonchev–Trinajstić information content (AvgIpc) is 2.53. The molecule has 0 aromatic heterocycles. The van der Waals surface area contributed by atoms with Crippen LogP contribution < -0.4 is 0 Å². The van der Waals surface area contributed by atoms with Gasteiger partial charge in [0.1, 0.15) is 0 Å². The number of nitrogens with zero attached hydrogens (tertiary/aromatic N) is 1. The predicted octanol–water partition coefficient (Wildman–Crippen LogP) is 3.90. The third-order valence-corrected chi connectivity index (χ3v) is 3.93. The molecule has 0 aliphatic carbocycles. The van der Waals surface area contributed by atoms with Gasteiger partial charge in [-0.05, 0) is 29.7 Å². The Morgan fingerprint density at radius 2 is 1.65 bits per heavy atom. The number of benzene rings is 2. The molecule has 0 unspecified atom stereocenters. The lowest BCUT2D eigenvalue weighted by Crippen LogP contribution is -2.28. The first-order chi connectivity index (χ1) is 9.70. The topological polar surface area (TPSA) is 20.3 Å². The van der Waals surface area contributed by atoms with E-state index in [1.54, 1.807) is 4.90 Å². The number of carbonyl (C=O) groups excluding carboxylic acids is 1. The molecule has 2 nitrogen and oxygen atoms in total. The number of likely N-dealkylation sites (N-methyl/N-ethyl adjacent to an activating group) is 1. The van der Waals surface area contributed by atoms with E-state index >= 15 is 0 Å². The molecule has 0 aliphatic rings. The first-order valence-corrected chi connectivity index (χ1v) is 7.77. The zero-order valence-corrected chi connectivity index (χ0v) is 13.1. The summed E-state index contributed by atoms with van der Waals surface area (Å²) < 4.78 is 0. The number of rotatable bonds is 5. The fourth-order valence-electron chi connectivity index (χ4n) is 2.00. The third kappa shape index (κ3) is 3.94. The van der Waals surface area contributed by atoms with Gasteiger partial charge in [0.2, 0.25) is 0 Å². The maximum atomic E-state index is 12.3. The molecule has 0 radical (unpaired) electrons. The van der Waals surface area contributed by atoms with E-state index in [1.165, 1.54) is 11.1 Å². The Balaban J connectivity index is 1.94. The van der Waals surface area contributed by atoms with Gasteiger partial charge in [0.05, 0.1) is 0 Å². The second-order valence-electron chi connectivity index (χ2n) is 4.79. The molecule has 0 spiro atoms. The van der Waals surface area contributed by atoms with Crippen LogP contribution in [0.1, 0.15) is 21.5 Å². The van der Waals surface area contributed by atoms with Crippen LogP contribution in [-0.4, -0.2) is 24.4 Å². The second-order valence-corrected chi connectivity index (χ2v) is 5.35. The predicted molar refractivity (Wildman–Crippen MR) is 86.2 cm³/mol. The lowest BCUT2D eigenvalue weighted by Gasteiger charge is -2.17. The molecule has 0 fully saturated rings. The van der Waals surface area contributed by atoms with Crippen LogP contribution in [0.25, 0.3) is 0 Å². The SMILES string of the molecule is CN(CCc1ccccc1)C(=O)c1ccc(CBr)cc1. The first kappa shape index (κ1) is 14.8. The fraction of sp³-hybridized carbons (Fsp3) is 0.235. The van der Waals surface area contributed by atoms with E-state index in [0.717, 1.165) is 23.9 Å². The molecule has 0 saturated heterocycles. The minimum absolute atomic E-state index is 0.0713. The normalized spacial score (nSPS) is 10.3. The van der Waals surface area contributed by atoms with Gasteiger partial charge >= 0.3 is 0 Å². The minimum atomic E-state index is 0.0713. The third-order valence-electron chi connectivity index (χ3n) is 3.28. The Kier molecular flexibility index (Phi) is 5.36. The highest BCUT2D eigenvalue weighted by Gasteiger charge is 2.11. The molecular weight excluding hydrogens is 314 g/mol. The van der Waals surface area contributed by atoms with E-state index < -0.39 is 0 Å². The Morgan fingerprint density at radius 3 is 2.25 bits per heavy atom. The van der Waals surface area contributed by atoms with E-state index in [4.69, 9.17) is 0 Å². The van der Waals surface area contributed by atoms with Crippen LogP contribution in [0.4, 0.5) is 0 Å². The Hall–Kier alpha value is -1.61. The standard InChI is InChI=1S/C17H18BrNO/c1-19(12-11-14-5-3-2-4-6-14)17(20)16-9-7-15(13-18)8-10-16/h2-10H,11-13H2,1H3. The molecule has 1 amide bonds. The van der Waals surface area contributed by atoms with Crippen LogP contribution in [0.5, 0.6) is 0 Å². The number of amides is 1. The van der Waals surface area contributed by atoms with E-state index in [-0.39, 0.29) is 5.91 Å². The molecule has 104 valence electrons. The highest BCUT2D eigenvalue weighted by Crippen LogP contribution is 2.10. The van der Waals surface area contributed by atoms with Crippen LogP contribution in [0.2, 0.25) is 0 Å².